The van der Waals surface area contributed by atoms with E-state index in [-0.39, 0.29) is 0 Å². The van der Waals surface area contributed by atoms with Crippen LogP contribution in [0.3, 0.4) is 0 Å². The number of aromatic nitrogens is 2. The molecule has 17 heavy (non-hydrogen) atoms. The normalized spacial score (nSPS) is 10.8. The number of ether oxygens (including phenoxy) is 2. The third-order valence-corrected chi connectivity index (χ3v) is 2.46. The largest absolute Gasteiger partial charge is 0.379 e. The van der Waals surface area contributed by atoms with Crippen molar-refractivity contribution < 1.29 is 9.47 Å². The maximum Gasteiger partial charge on any atom is 0.151 e. The van der Waals surface area contributed by atoms with Gasteiger partial charge in [-0.05, 0) is 25.9 Å². The van der Waals surface area contributed by atoms with Gasteiger partial charge in [0.2, 0.25) is 0 Å². The maximum atomic E-state index is 10.6. The highest BCUT2D eigenvalue weighted by Gasteiger charge is 2.11. The summed E-state index contributed by atoms with van der Waals surface area (Å²) in [4.78, 5) is 10.6. The fraction of sp³-hybridized carbons (Fsp3) is 0.727. The fourth-order valence-electron chi connectivity index (χ4n) is 1.55. The van der Waals surface area contributed by atoms with Gasteiger partial charge in [0.05, 0.1) is 37.8 Å². The van der Waals surface area contributed by atoms with Crippen LogP contribution in [0, 0.1) is 18.8 Å². The van der Waals surface area contributed by atoms with E-state index in [2.05, 4.69) is 10.3 Å². The van der Waals surface area contributed by atoms with Gasteiger partial charge in [0.15, 0.2) is 5.69 Å². The van der Waals surface area contributed by atoms with Crippen LogP contribution in [0.4, 0.5) is 5.69 Å². The monoisotopic (exact) mass is 241 g/mol. The zero-order valence-corrected chi connectivity index (χ0v) is 10.6. The van der Waals surface area contributed by atoms with Crippen LogP contribution in [-0.2, 0) is 16.0 Å². The Labute approximate surface area is 101 Å². The second-order valence-electron chi connectivity index (χ2n) is 3.64. The van der Waals surface area contributed by atoms with Crippen LogP contribution in [0.1, 0.15) is 18.3 Å². The van der Waals surface area contributed by atoms with Crippen molar-refractivity contribution >= 4 is 5.69 Å². The molecule has 1 aromatic heterocycles. The first-order valence-corrected chi connectivity index (χ1v) is 5.73. The van der Waals surface area contributed by atoms with Crippen LogP contribution in [0.2, 0.25) is 0 Å². The Hall–Kier alpha value is -1.27. The standard InChI is InChI=1S/C11H19N3O3/c1-4-16-7-8-17-6-5-14-10(3)11(13-15)9(2)12-14/h4-8H2,1-3H3. The van der Waals surface area contributed by atoms with Crippen molar-refractivity contribution in [2.24, 2.45) is 5.18 Å². The van der Waals surface area contributed by atoms with Crippen LogP contribution in [0.5, 0.6) is 0 Å². The second kappa shape index (κ2) is 7.13. The van der Waals surface area contributed by atoms with Gasteiger partial charge >= 0.3 is 0 Å². The number of nitrogens with zero attached hydrogens (tertiary/aromatic N) is 3. The minimum atomic E-state index is 0.430. The van der Waals surface area contributed by atoms with Gasteiger partial charge in [0, 0.05) is 6.61 Å². The lowest BCUT2D eigenvalue weighted by molar-refractivity contribution is 0.0486. The van der Waals surface area contributed by atoms with E-state index in [9.17, 15) is 4.91 Å². The Morgan fingerprint density at radius 2 is 1.94 bits per heavy atom. The Balaban J connectivity index is 2.34. The van der Waals surface area contributed by atoms with Crippen LogP contribution in [-0.4, -0.2) is 36.2 Å². The quantitative estimate of drug-likeness (QED) is 0.515. The maximum absolute atomic E-state index is 10.6. The molecule has 0 aromatic carbocycles. The first-order chi connectivity index (χ1) is 8.20. The van der Waals surface area contributed by atoms with Crippen molar-refractivity contribution in [3.63, 3.8) is 0 Å². The molecule has 1 rings (SSSR count). The molecule has 0 atom stereocenters. The molecule has 0 aliphatic carbocycles. The molecule has 6 nitrogen and oxygen atoms in total. The molecular formula is C11H19N3O3. The van der Waals surface area contributed by atoms with Gasteiger partial charge in [-0.25, -0.2) is 0 Å². The summed E-state index contributed by atoms with van der Waals surface area (Å²) >= 11 is 0. The van der Waals surface area contributed by atoms with Gasteiger partial charge in [-0.3, -0.25) is 4.68 Å². The summed E-state index contributed by atoms with van der Waals surface area (Å²) in [5.41, 5.74) is 1.87. The molecule has 0 aliphatic rings. The van der Waals surface area contributed by atoms with Crippen molar-refractivity contribution in [3.05, 3.63) is 16.3 Å². The summed E-state index contributed by atoms with van der Waals surface area (Å²) in [6.45, 7) is 8.61. The van der Waals surface area contributed by atoms with E-state index in [0.717, 1.165) is 5.69 Å². The summed E-state index contributed by atoms with van der Waals surface area (Å²) < 4.78 is 12.3. The molecule has 0 unspecified atom stereocenters. The molecule has 1 heterocycles. The smallest absolute Gasteiger partial charge is 0.151 e. The SMILES string of the molecule is CCOCCOCCn1nc(C)c(N=O)c1C. The third kappa shape index (κ3) is 3.90. The van der Waals surface area contributed by atoms with E-state index in [1.807, 2.05) is 13.8 Å². The number of nitroso groups, excluding NO2 is 1. The topological polar surface area (TPSA) is 65.7 Å². The van der Waals surface area contributed by atoms with E-state index in [4.69, 9.17) is 9.47 Å². The van der Waals surface area contributed by atoms with Gasteiger partial charge in [0.1, 0.15) is 0 Å². The van der Waals surface area contributed by atoms with Gasteiger partial charge < -0.3 is 9.47 Å². The predicted molar refractivity (Wildman–Crippen MR) is 64.5 cm³/mol. The van der Waals surface area contributed by atoms with Crippen molar-refractivity contribution in [3.8, 4) is 0 Å². The Morgan fingerprint density at radius 3 is 2.53 bits per heavy atom. The van der Waals surface area contributed by atoms with E-state index < -0.39 is 0 Å². The Morgan fingerprint density at radius 1 is 1.24 bits per heavy atom. The lowest BCUT2D eigenvalue weighted by Crippen LogP contribution is -2.11. The Bertz CT molecular complexity index is 363. The second-order valence-corrected chi connectivity index (χ2v) is 3.64. The van der Waals surface area contributed by atoms with Gasteiger partial charge in [-0.15, -0.1) is 4.91 Å². The van der Waals surface area contributed by atoms with Crippen molar-refractivity contribution in [1.29, 1.82) is 0 Å². The van der Waals surface area contributed by atoms with Gasteiger partial charge in [0.25, 0.3) is 0 Å². The highest BCUT2D eigenvalue weighted by molar-refractivity contribution is 5.45. The molecule has 0 aliphatic heterocycles. The zero-order chi connectivity index (χ0) is 12.7. The molecular weight excluding hydrogens is 222 g/mol. The molecule has 0 fully saturated rings. The summed E-state index contributed by atoms with van der Waals surface area (Å²) in [6, 6.07) is 0. The van der Waals surface area contributed by atoms with Crippen LogP contribution in [0.25, 0.3) is 0 Å². The molecule has 0 saturated carbocycles. The molecule has 0 saturated heterocycles. The van der Waals surface area contributed by atoms with Crippen molar-refractivity contribution in [2.75, 3.05) is 26.4 Å². The fourth-order valence-corrected chi connectivity index (χ4v) is 1.55. The van der Waals surface area contributed by atoms with E-state index >= 15 is 0 Å². The van der Waals surface area contributed by atoms with Gasteiger partial charge in [-0.2, -0.15) is 5.10 Å². The van der Waals surface area contributed by atoms with E-state index in [1.165, 1.54) is 0 Å². The minimum Gasteiger partial charge on any atom is -0.379 e. The van der Waals surface area contributed by atoms with Crippen molar-refractivity contribution in [2.45, 2.75) is 27.3 Å². The highest BCUT2D eigenvalue weighted by Crippen LogP contribution is 2.21. The first-order valence-electron chi connectivity index (χ1n) is 5.73. The van der Waals surface area contributed by atoms with E-state index in [0.29, 0.717) is 44.4 Å². The van der Waals surface area contributed by atoms with Crippen LogP contribution >= 0.6 is 0 Å². The molecule has 6 heteroatoms. The zero-order valence-electron chi connectivity index (χ0n) is 10.6. The predicted octanol–water partition coefficient (Wildman–Crippen LogP) is 1.95. The van der Waals surface area contributed by atoms with Crippen molar-refractivity contribution in [1.82, 2.24) is 9.78 Å². The average Bonchev–Trinajstić information content (AvgIpc) is 2.58. The first kappa shape index (κ1) is 13.8. The lowest BCUT2D eigenvalue weighted by atomic mass is 10.3. The number of rotatable bonds is 8. The summed E-state index contributed by atoms with van der Waals surface area (Å²) in [5, 5.41) is 7.19. The van der Waals surface area contributed by atoms with Gasteiger partial charge in [-0.1, -0.05) is 0 Å². The Kier molecular flexibility index (Phi) is 5.79. The molecule has 0 spiro atoms. The average molecular weight is 241 g/mol. The number of aryl methyl sites for hydroxylation is 1. The number of hydrogen-bond acceptors (Lipinski definition) is 5. The molecule has 96 valence electrons. The molecule has 0 bridgehead atoms. The molecule has 0 amide bonds. The number of hydrogen-bond donors (Lipinski definition) is 0. The summed E-state index contributed by atoms with van der Waals surface area (Å²) in [6.07, 6.45) is 0. The lowest BCUT2D eigenvalue weighted by Gasteiger charge is -2.06. The molecule has 1 aromatic rings. The summed E-state index contributed by atoms with van der Waals surface area (Å²) in [5.74, 6) is 0. The molecule has 0 radical (unpaired) electrons. The summed E-state index contributed by atoms with van der Waals surface area (Å²) in [7, 11) is 0. The third-order valence-electron chi connectivity index (χ3n) is 2.46. The van der Waals surface area contributed by atoms with Crippen LogP contribution < -0.4 is 0 Å². The minimum absolute atomic E-state index is 0.430. The highest BCUT2D eigenvalue weighted by atomic mass is 16.5. The van der Waals surface area contributed by atoms with E-state index in [1.54, 1.807) is 11.6 Å². The van der Waals surface area contributed by atoms with Crippen LogP contribution in [0.15, 0.2) is 5.18 Å². The molecule has 0 N–H and O–H groups in total.